The SMILES string of the molecule is NC(c1ccc(F)c(Br)c1)c1cc2c(s1)CCCC2. The Kier molecular flexibility index (Phi) is 3.74. The van der Waals surface area contributed by atoms with Crippen LogP contribution in [-0.4, -0.2) is 0 Å². The van der Waals surface area contributed by atoms with Gasteiger partial charge in [0.15, 0.2) is 0 Å². The third-order valence-corrected chi connectivity index (χ3v) is 5.55. The second-order valence-electron chi connectivity index (χ2n) is 4.96. The van der Waals surface area contributed by atoms with Crippen molar-refractivity contribution in [3.8, 4) is 0 Å². The highest BCUT2D eigenvalue weighted by atomic mass is 79.9. The molecule has 1 atom stereocenters. The molecule has 1 aliphatic rings. The maximum atomic E-state index is 13.3. The van der Waals surface area contributed by atoms with Gasteiger partial charge >= 0.3 is 0 Å². The van der Waals surface area contributed by atoms with Crippen LogP contribution in [0.25, 0.3) is 0 Å². The fourth-order valence-corrected chi connectivity index (χ4v) is 4.22. The first-order chi connectivity index (χ1) is 9.15. The molecule has 4 heteroatoms. The minimum absolute atomic E-state index is 0.160. The highest BCUT2D eigenvalue weighted by Crippen LogP contribution is 2.35. The van der Waals surface area contributed by atoms with Crippen LogP contribution in [0.5, 0.6) is 0 Å². The predicted molar refractivity (Wildman–Crippen MR) is 81.1 cm³/mol. The fraction of sp³-hybridized carbons (Fsp3) is 0.333. The second-order valence-corrected chi connectivity index (χ2v) is 6.98. The molecule has 1 nitrogen and oxygen atoms in total. The molecule has 1 aliphatic carbocycles. The summed E-state index contributed by atoms with van der Waals surface area (Å²) >= 11 is 5.03. The Bertz CT molecular complexity index is 585. The van der Waals surface area contributed by atoms with Gasteiger partial charge in [-0.2, -0.15) is 0 Å². The van der Waals surface area contributed by atoms with Gasteiger partial charge in [0.2, 0.25) is 0 Å². The summed E-state index contributed by atoms with van der Waals surface area (Å²) < 4.78 is 13.7. The van der Waals surface area contributed by atoms with E-state index in [9.17, 15) is 4.39 Å². The monoisotopic (exact) mass is 339 g/mol. The Morgan fingerprint density at radius 3 is 2.74 bits per heavy atom. The summed E-state index contributed by atoms with van der Waals surface area (Å²) in [6.45, 7) is 0. The summed E-state index contributed by atoms with van der Waals surface area (Å²) in [6.07, 6.45) is 4.91. The second kappa shape index (κ2) is 5.35. The normalized spacial score (nSPS) is 16.2. The van der Waals surface area contributed by atoms with E-state index in [2.05, 4.69) is 22.0 Å². The topological polar surface area (TPSA) is 26.0 Å². The Morgan fingerprint density at radius 1 is 1.21 bits per heavy atom. The molecule has 0 radical (unpaired) electrons. The van der Waals surface area contributed by atoms with Crippen LogP contribution in [0.15, 0.2) is 28.7 Å². The molecule has 1 aromatic heterocycles. The van der Waals surface area contributed by atoms with E-state index in [0.717, 1.165) is 5.56 Å². The number of aryl methyl sites for hydroxylation is 2. The summed E-state index contributed by atoms with van der Waals surface area (Å²) in [5.74, 6) is -0.249. The maximum Gasteiger partial charge on any atom is 0.137 e. The van der Waals surface area contributed by atoms with Gasteiger partial charge in [-0.05, 0) is 70.9 Å². The smallest absolute Gasteiger partial charge is 0.137 e. The fourth-order valence-electron chi connectivity index (χ4n) is 2.54. The molecule has 0 saturated heterocycles. The van der Waals surface area contributed by atoms with Crippen molar-refractivity contribution in [2.24, 2.45) is 5.73 Å². The molecule has 0 aliphatic heterocycles. The quantitative estimate of drug-likeness (QED) is 0.851. The van der Waals surface area contributed by atoms with Crippen LogP contribution in [0, 0.1) is 5.82 Å². The lowest BCUT2D eigenvalue weighted by molar-refractivity contribution is 0.619. The van der Waals surface area contributed by atoms with E-state index in [1.54, 1.807) is 12.1 Å². The number of thiophene rings is 1. The lowest BCUT2D eigenvalue weighted by Gasteiger charge is -2.10. The zero-order valence-corrected chi connectivity index (χ0v) is 12.9. The molecule has 2 N–H and O–H groups in total. The minimum Gasteiger partial charge on any atom is -0.320 e. The van der Waals surface area contributed by atoms with Crippen LogP contribution in [0.4, 0.5) is 4.39 Å². The lowest BCUT2D eigenvalue weighted by atomic mass is 9.98. The summed E-state index contributed by atoms with van der Waals surface area (Å²) in [4.78, 5) is 2.67. The molecule has 100 valence electrons. The van der Waals surface area contributed by atoms with E-state index in [-0.39, 0.29) is 11.9 Å². The van der Waals surface area contributed by atoms with E-state index in [4.69, 9.17) is 5.73 Å². The third kappa shape index (κ3) is 2.62. The summed E-state index contributed by atoms with van der Waals surface area (Å²) in [7, 11) is 0. The van der Waals surface area contributed by atoms with Crippen LogP contribution in [0.1, 0.15) is 39.8 Å². The minimum atomic E-state index is -0.249. The molecule has 1 aromatic carbocycles. The first-order valence-corrected chi connectivity index (χ1v) is 8.08. The Morgan fingerprint density at radius 2 is 2.00 bits per heavy atom. The number of rotatable bonds is 2. The average molecular weight is 340 g/mol. The number of fused-ring (bicyclic) bond motifs is 1. The largest absolute Gasteiger partial charge is 0.320 e. The van der Waals surface area contributed by atoms with Crippen LogP contribution in [-0.2, 0) is 12.8 Å². The van der Waals surface area contributed by atoms with Gasteiger partial charge in [0.05, 0.1) is 10.5 Å². The van der Waals surface area contributed by atoms with Gasteiger partial charge in [-0.1, -0.05) is 6.07 Å². The van der Waals surface area contributed by atoms with Crippen molar-refractivity contribution in [2.75, 3.05) is 0 Å². The molecule has 0 saturated carbocycles. The Labute approximate surface area is 124 Å². The van der Waals surface area contributed by atoms with E-state index < -0.39 is 0 Å². The maximum absolute atomic E-state index is 13.3. The highest BCUT2D eigenvalue weighted by molar-refractivity contribution is 9.10. The van der Waals surface area contributed by atoms with Gasteiger partial charge < -0.3 is 5.73 Å². The first-order valence-electron chi connectivity index (χ1n) is 6.47. The van der Waals surface area contributed by atoms with Crippen LogP contribution in [0.2, 0.25) is 0 Å². The molecule has 2 aromatic rings. The molecule has 0 spiro atoms. The Balaban J connectivity index is 1.92. The van der Waals surface area contributed by atoms with Crippen molar-refractivity contribution < 1.29 is 4.39 Å². The van der Waals surface area contributed by atoms with E-state index in [1.165, 1.54) is 47.1 Å². The Hall–Kier alpha value is -0.710. The first kappa shape index (κ1) is 13.3. The number of halogens is 2. The van der Waals surface area contributed by atoms with Crippen LogP contribution < -0.4 is 5.73 Å². The lowest BCUT2D eigenvalue weighted by Crippen LogP contribution is -2.10. The number of nitrogens with two attached hydrogens (primary N) is 1. The van der Waals surface area contributed by atoms with Crippen molar-refractivity contribution in [1.29, 1.82) is 0 Å². The zero-order valence-electron chi connectivity index (χ0n) is 10.5. The third-order valence-electron chi connectivity index (χ3n) is 3.62. The highest BCUT2D eigenvalue weighted by Gasteiger charge is 2.18. The zero-order chi connectivity index (χ0) is 13.4. The predicted octanol–water partition coefficient (Wildman–Crippen LogP) is 4.58. The van der Waals surface area contributed by atoms with Gasteiger partial charge in [0, 0.05) is 9.75 Å². The molecule has 1 heterocycles. The van der Waals surface area contributed by atoms with E-state index >= 15 is 0 Å². The van der Waals surface area contributed by atoms with Crippen molar-refractivity contribution in [1.82, 2.24) is 0 Å². The molecule has 3 rings (SSSR count). The van der Waals surface area contributed by atoms with Gasteiger partial charge in [0.25, 0.3) is 0 Å². The van der Waals surface area contributed by atoms with Crippen molar-refractivity contribution in [2.45, 2.75) is 31.7 Å². The summed E-state index contributed by atoms with van der Waals surface area (Å²) in [6, 6.07) is 7.09. The number of hydrogen-bond acceptors (Lipinski definition) is 2. The van der Waals surface area contributed by atoms with Crippen molar-refractivity contribution in [3.63, 3.8) is 0 Å². The number of hydrogen-bond donors (Lipinski definition) is 1. The molecule has 19 heavy (non-hydrogen) atoms. The molecule has 1 unspecified atom stereocenters. The molecular formula is C15H15BrFNS. The summed E-state index contributed by atoms with van der Waals surface area (Å²) in [5.41, 5.74) is 8.73. The summed E-state index contributed by atoms with van der Waals surface area (Å²) in [5, 5.41) is 0. The van der Waals surface area contributed by atoms with E-state index in [1.807, 2.05) is 11.3 Å². The number of benzene rings is 1. The molecule has 0 bridgehead atoms. The van der Waals surface area contributed by atoms with Crippen molar-refractivity contribution >= 4 is 27.3 Å². The molecular weight excluding hydrogens is 325 g/mol. The van der Waals surface area contributed by atoms with Crippen LogP contribution in [0.3, 0.4) is 0 Å². The van der Waals surface area contributed by atoms with Gasteiger partial charge in [0.1, 0.15) is 5.82 Å². The average Bonchev–Trinajstić information content (AvgIpc) is 2.85. The van der Waals surface area contributed by atoms with Gasteiger partial charge in [-0.3, -0.25) is 0 Å². The van der Waals surface area contributed by atoms with Gasteiger partial charge in [-0.15, -0.1) is 11.3 Å². The van der Waals surface area contributed by atoms with Gasteiger partial charge in [-0.25, -0.2) is 4.39 Å². The molecule has 0 amide bonds. The van der Waals surface area contributed by atoms with Crippen LogP contribution >= 0.6 is 27.3 Å². The standard InChI is InChI=1S/C15H15BrFNS/c16-11-7-10(5-6-12(11)17)15(18)14-8-9-3-1-2-4-13(9)19-14/h5-8,15H,1-4,18H2. The van der Waals surface area contributed by atoms with Crippen molar-refractivity contribution in [3.05, 3.63) is 55.4 Å². The molecule has 0 fully saturated rings. The van der Waals surface area contributed by atoms with E-state index in [0.29, 0.717) is 4.47 Å².